The van der Waals surface area contributed by atoms with Crippen molar-refractivity contribution < 1.29 is 8.42 Å². The zero-order valence-corrected chi connectivity index (χ0v) is 13.0. The molecule has 0 aliphatic rings. The van der Waals surface area contributed by atoms with E-state index in [-0.39, 0.29) is 6.04 Å². The van der Waals surface area contributed by atoms with Gasteiger partial charge in [-0.2, -0.15) is 0 Å². The number of fused-ring (bicyclic) bond motifs is 1. The Morgan fingerprint density at radius 3 is 2.23 bits per heavy atom. The molecule has 3 aromatic rings. The summed E-state index contributed by atoms with van der Waals surface area (Å²) in [6.07, 6.45) is 0. The van der Waals surface area contributed by atoms with Gasteiger partial charge in [0.05, 0.1) is 4.90 Å². The fraction of sp³-hybridized carbons (Fsp3) is 0.111. The largest absolute Gasteiger partial charge is 0.241 e. The van der Waals surface area contributed by atoms with Crippen molar-refractivity contribution in [2.24, 2.45) is 0 Å². The molecule has 0 fully saturated rings. The average Bonchev–Trinajstić information content (AvgIpc) is 2.54. The number of sulfonamides is 1. The van der Waals surface area contributed by atoms with Gasteiger partial charge in [-0.1, -0.05) is 66.7 Å². The van der Waals surface area contributed by atoms with Crippen LogP contribution in [0.15, 0.2) is 77.7 Å². The second-order valence-corrected chi connectivity index (χ2v) is 6.91. The first-order valence-electron chi connectivity index (χ1n) is 7.13. The fourth-order valence-electron chi connectivity index (χ4n) is 2.54. The molecule has 1 atom stereocenters. The van der Waals surface area contributed by atoms with Crippen LogP contribution in [0.4, 0.5) is 0 Å². The molecule has 0 saturated heterocycles. The lowest BCUT2D eigenvalue weighted by Crippen LogP contribution is -2.27. The first-order chi connectivity index (χ1) is 10.6. The van der Waals surface area contributed by atoms with E-state index in [1.54, 1.807) is 12.1 Å². The second-order valence-electron chi connectivity index (χ2n) is 5.23. The predicted octanol–water partition coefficient (Wildman–Crippen LogP) is 3.88. The Bertz CT molecular complexity index is 884. The zero-order valence-electron chi connectivity index (χ0n) is 12.2. The Morgan fingerprint density at radius 2 is 1.45 bits per heavy atom. The maximum absolute atomic E-state index is 12.7. The van der Waals surface area contributed by atoms with Gasteiger partial charge in [0.2, 0.25) is 10.0 Å². The monoisotopic (exact) mass is 311 g/mol. The molecular weight excluding hydrogens is 294 g/mol. The number of benzene rings is 3. The van der Waals surface area contributed by atoms with Crippen LogP contribution < -0.4 is 4.72 Å². The van der Waals surface area contributed by atoms with Crippen LogP contribution in [0.5, 0.6) is 0 Å². The van der Waals surface area contributed by atoms with Crippen molar-refractivity contribution in [3.8, 4) is 0 Å². The molecule has 112 valence electrons. The van der Waals surface area contributed by atoms with Crippen LogP contribution >= 0.6 is 0 Å². The maximum Gasteiger partial charge on any atom is 0.241 e. The molecule has 0 bridgehead atoms. The average molecular weight is 311 g/mol. The van der Waals surface area contributed by atoms with Crippen LogP contribution in [0.2, 0.25) is 0 Å². The SMILES string of the molecule is CC(NS(=O)(=O)c1cccc2ccccc12)c1ccccc1. The van der Waals surface area contributed by atoms with Gasteiger partial charge in [-0.15, -0.1) is 0 Å². The van der Waals surface area contributed by atoms with E-state index in [1.807, 2.05) is 67.6 Å². The molecular formula is C18H17NO2S. The quantitative estimate of drug-likeness (QED) is 0.795. The number of nitrogens with one attached hydrogen (secondary N) is 1. The van der Waals surface area contributed by atoms with Crippen LogP contribution in [-0.4, -0.2) is 8.42 Å². The van der Waals surface area contributed by atoms with Crippen molar-refractivity contribution in [2.75, 3.05) is 0 Å². The standard InChI is InChI=1S/C18H17NO2S/c1-14(15-8-3-2-4-9-15)19-22(20,21)18-13-7-11-16-10-5-6-12-17(16)18/h2-14,19H,1H3. The van der Waals surface area contributed by atoms with E-state index >= 15 is 0 Å². The van der Waals surface area contributed by atoms with Crippen molar-refractivity contribution >= 4 is 20.8 Å². The van der Waals surface area contributed by atoms with Crippen LogP contribution in [0.1, 0.15) is 18.5 Å². The molecule has 0 aliphatic carbocycles. The number of hydrogen-bond acceptors (Lipinski definition) is 2. The van der Waals surface area contributed by atoms with E-state index in [2.05, 4.69) is 4.72 Å². The molecule has 1 N–H and O–H groups in total. The third-order valence-corrected chi connectivity index (χ3v) is 5.27. The Hall–Kier alpha value is -2.17. The van der Waals surface area contributed by atoms with Gasteiger partial charge in [-0.25, -0.2) is 13.1 Å². The molecule has 0 spiro atoms. The minimum absolute atomic E-state index is 0.287. The van der Waals surface area contributed by atoms with Gasteiger partial charge in [-0.3, -0.25) is 0 Å². The smallest absolute Gasteiger partial charge is 0.207 e. The summed E-state index contributed by atoms with van der Waals surface area (Å²) in [6.45, 7) is 1.85. The molecule has 4 heteroatoms. The summed E-state index contributed by atoms with van der Waals surface area (Å²) in [7, 11) is -3.58. The molecule has 3 aromatic carbocycles. The third kappa shape index (κ3) is 2.89. The lowest BCUT2D eigenvalue weighted by atomic mass is 10.1. The molecule has 3 rings (SSSR count). The number of hydrogen-bond donors (Lipinski definition) is 1. The first kappa shape index (κ1) is 14.8. The van der Waals surface area contributed by atoms with Crippen LogP contribution in [0, 0.1) is 0 Å². The van der Waals surface area contributed by atoms with Crippen LogP contribution in [-0.2, 0) is 10.0 Å². The molecule has 0 heterocycles. The lowest BCUT2D eigenvalue weighted by molar-refractivity contribution is 0.568. The summed E-state index contributed by atoms with van der Waals surface area (Å²) in [5.41, 5.74) is 0.936. The van der Waals surface area contributed by atoms with Gasteiger partial charge in [0, 0.05) is 11.4 Å². The minimum atomic E-state index is -3.58. The fourth-order valence-corrected chi connectivity index (χ4v) is 4.00. The Labute approximate surface area is 130 Å². The maximum atomic E-state index is 12.7. The predicted molar refractivity (Wildman–Crippen MR) is 89.1 cm³/mol. The van der Waals surface area contributed by atoms with Crippen molar-refractivity contribution in [2.45, 2.75) is 17.9 Å². The summed E-state index contributed by atoms with van der Waals surface area (Å²) in [5, 5.41) is 1.65. The molecule has 0 aliphatic heterocycles. The highest BCUT2D eigenvalue weighted by atomic mass is 32.2. The highest BCUT2D eigenvalue weighted by Crippen LogP contribution is 2.24. The van der Waals surface area contributed by atoms with Crippen molar-refractivity contribution in [3.63, 3.8) is 0 Å². The Kier molecular flexibility index (Phi) is 3.96. The lowest BCUT2D eigenvalue weighted by Gasteiger charge is -2.15. The van der Waals surface area contributed by atoms with Gasteiger partial charge < -0.3 is 0 Å². The minimum Gasteiger partial charge on any atom is -0.207 e. The normalized spacial score (nSPS) is 13.1. The zero-order chi connectivity index (χ0) is 15.6. The summed E-state index contributed by atoms with van der Waals surface area (Å²) in [5.74, 6) is 0. The molecule has 1 unspecified atom stereocenters. The van der Waals surface area contributed by atoms with E-state index in [4.69, 9.17) is 0 Å². The summed E-state index contributed by atoms with van der Waals surface area (Å²) in [6, 6.07) is 22.1. The number of rotatable bonds is 4. The molecule has 0 saturated carbocycles. The van der Waals surface area contributed by atoms with E-state index < -0.39 is 10.0 Å². The van der Waals surface area contributed by atoms with Crippen LogP contribution in [0.25, 0.3) is 10.8 Å². The molecule has 22 heavy (non-hydrogen) atoms. The van der Waals surface area contributed by atoms with E-state index in [0.29, 0.717) is 4.90 Å². The van der Waals surface area contributed by atoms with Gasteiger partial charge in [0.1, 0.15) is 0 Å². The molecule has 0 radical (unpaired) electrons. The highest BCUT2D eigenvalue weighted by Gasteiger charge is 2.20. The van der Waals surface area contributed by atoms with E-state index in [9.17, 15) is 8.42 Å². The van der Waals surface area contributed by atoms with Crippen molar-refractivity contribution in [3.05, 3.63) is 78.4 Å². The Morgan fingerprint density at radius 1 is 0.818 bits per heavy atom. The molecule has 0 amide bonds. The second kappa shape index (κ2) is 5.91. The van der Waals surface area contributed by atoms with Gasteiger partial charge in [-0.05, 0) is 23.9 Å². The third-order valence-electron chi connectivity index (χ3n) is 3.67. The molecule has 3 nitrogen and oxygen atoms in total. The summed E-state index contributed by atoms with van der Waals surface area (Å²) >= 11 is 0. The van der Waals surface area contributed by atoms with Crippen molar-refractivity contribution in [1.29, 1.82) is 0 Å². The highest BCUT2D eigenvalue weighted by molar-refractivity contribution is 7.89. The van der Waals surface area contributed by atoms with Gasteiger partial charge in [0.15, 0.2) is 0 Å². The van der Waals surface area contributed by atoms with E-state index in [0.717, 1.165) is 16.3 Å². The molecule has 0 aromatic heterocycles. The Balaban J connectivity index is 1.99. The van der Waals surface area contributed by atoms with E-state index in [1.165, 1.54) is 0 Å². The summed E-state index contributed by atoms with van der Waals surface area (Å²) < 4.78 is 28.2. The topological polar surface area (TPSA) is 46.2 Å². The first-order valence-corrected chi connectivity index (χ1v) is 8.61. The van der Waals surface area contributed by atoms with Gasteiger partial charge in [0.25, 0.3) is 0 Å². The summed E-state index contributed by atoms with van der Waals surface area (Å²) in [4.78, 5) is 0.313. The van der Waals surface area contributed by atoms with Crippen LogP contribution in [0.3, 0.4) is 0 Å². The van der Waals surface area contributed by atoms with Gasteiger partial charge >= 0.3 is 0 Å². The van der Waals surface area contributed by atoms with Crippen molar-refractivity contribution in [1.82, 2.24) is 4.72 Å².